The van der Waals surface area contributed by atoms with Crippen LogP contribution in [0.15, 0.2) is 29.2 Å². The molecule has 0 saturated carbocycles. The highest BCUT2D eigenvalue weighted by molar-refractivity contribution is 5.87. The standard InChI is InChI=1S/C18H19NO6.C3H8/c1-11-7-12-14-8-15(21)13(18(22)23)10-19(14)3-6-25-17(12)9-16(11)24-5-2-4-20;1-3-2/h7-10,20H,2-6H2,1H3,(H,22,23);3H2,1-2H3. The second kappa shape index (κ2) is 9.94. The van der Waals surface area contributed by atoms with Crippen molar-refractivity contribution in [2.75, 3.05) is 19.8 Å². The summed E-state index contributed by atoms with van der Waals surface area (Å²) in [7, 11) is 0. The number of aromatic nitrogens is 1. The van der Waals surface area contributed by atoms with E-state index < -0.39 is 11.4 Å². The fraction of sp³-hybridized carbons (Fsp3) is 0.429. The van der Waals surface area contributed by atoms with Crippen molar-refractivity contribution in [3.8, 4) is 22.8 Å². The van der Waals surface area contributed by atoms with Gasteiger partial charge in [-0.25, -0.2) is 4.79 Å². The van der Waals surface area contributed by atoms with Crippen molar-refractivity contribution >= 4 is 5.97 Å². The maximum atomic E-state index is 12.1. The van der Waals surface area contributed by atoms with Gasteiger partial charge in [-0.15, -0.1) is 0 Å². The van der Waals surface area contributed by atoms with Gasteiger partial charge in [0.1, 0.15) is 23.7 Å². The van der Waals surface area contributed by atoms with Gasteiger partial charge in [0.2, 0.25) is 0 Å². The molecule has 7 heteroatoms. The molecule has 2 N–H and O–H groups in total. The van der Waals surface area contributed by atoms with Crippen molar-refractivity contribution in [3.63, 3.8) is 0 Å². The predicted octanol–water partition coefficient (Wildman–Crippen LogP) is 3.09. The molecule has 0 fully saturated rings. The molecule has 1 aromatic heterocycles. The average Bonchev–Trinajstić information content (AvgIpc) is 2.81. The van der Waals surface area contributed by atoms with Crippen LogP contribution >= 0.6 is 0 Å². The van der Waals surface area contributed by atoms with Crippen molar-refractivity contribution < 1.29 is 24.5 Å². The number of rotatable bonds is 5. The fourth-order valence-electron chi connectivity index (χ4n) is 2.80. The van der Waals surface area contributed by atoms with Crippen LogP contribution < -0.4 is 14.9 Å². The first-order chi connectivity index (χ1) is 13.4. The number of hydrogen-bond donors (Lipinski definition) is 2. The third-order valence-electron chi connectivity index (χ3n) is 4.06. The first-order valence-corrected chi connectivity index (χ1v) is 9.42. The molecule has 0 spiro atoms. The van der Waals surface area contributed by atoms with E-state index in [4.69, 9.17) is 19.7 Å². The first-order valence-electron chi connectivity index (χ1n) is 9.42. The van der Waals surface area contributed by atoms with Gasteiger partial charge >= 0.3 is 5.97 Å². The number of aliphatic hydroxyl groups is 1. The second-order valence-electron chi connectivity index (χ2n) is 6.53. The van der Waals surface area contributed by atoms with E-state index in [1.165, 1.54) is 18.7 Å². The van der Waals surface area contributed by atoms with Crippen molar-refractivity contribution in [1.82, 2.24) is 4.57 Å². The number of ether oxygens (including phenoxy) is 2. The van der Waals surface area contributed by atoms with E-state index in [2.05, 4.69) is 13.8 Å². The van der Waals surface area contributed by atoms with Crippen LogP contribution in [0.3, 0.4) is 0 Å². The molecule has 7 nitrogen and oxygen atoms in total. The zero-order valence-corrected chi connectivity index (χ0v) is 16.5. The van der Waals surface area contributed by atoms with Gasteiger partial charge in [-0.05, 0) is 18.6 Å². The van der Waals surface area contributed by atoms with Gasteiger partial charge < -0.3 is 24.3 Å². The molecule has 3 rings (SSSR count). The van der Waals surface area contributed by atoms with E-state index >= 15 is 0 Å². The van der Waals surface area contributed by atoms with Gasteiger partial charge in [-0.1, -0.05) is 20.3 Å². The molecule has 0 saturated heterocycles. The van der Waals surface area contributed by atoms with E-state index in [0.29, 0.717) is 43.4 Å². The average molecular weight is 389 g/mol. The van der Waals surface area contributed by atoms with E-state index in [0.717, 1.165) is 11.1 Å². The van der Waals surface area contributed by atoms with Crippen LogP contribution in [-0.4, -0.2) is 40.6 Å². The summed E-state index contributed by atoms with van der Waals surface area (Å²) in [5, 5.41) is 18.0. The molecule has 1 aliphatic rings. The maximum Gasteiger partial charge on any atom is 0.341 e. The zero-order chi connectivity index (χ0) is 20.7. The van der Waals surface area contributed by atoms with Crippen LogP contribution in [0.2, 0.25) is 0 Å². The minimum atomic E-state index is -1.24. The second-order valence-corrected chi connectivity index (χ2v) is 6.53. The molecule has 152 valence electrons. The Bertz CT molecular complexity index is 887. The Kier molecular flexibility index (Phi) is 7.63. The molecule has 2 heterocycles. The molecule has 0 aliphatic carbocycles. The van der Waals surface area contributed by atoms with Crippen LogP contribution in [0.1, 0.15) is 42.6 Å². The molecule has 0 bridgehead atoms. The third kappa shape index (κ3) is 4.92. The van der Waals surface area contributed by atoms with Crippen LogP contribution in [-0.2, 0) is 6.54 Å². The number of fused-ring (bicyclic) bond motifs is 3. The number of aliphatic hydroxyl groups excluding tert-OH is 1. The number of carbonyl (C=O) groups is 1. The number of hydrogen-bond acceptors (Lipinski definition) is 5. The lowest BCUT2D eigenvalue weighted by Gasteiger charge is -2.15. The first kappa shape index (κ1) is 21.5. The summed E-state index contributed by atoms with van der Waals surface area (Å²) < 4.78 is 13.2. The zero-order valence-electron chi connectivity index (χ0n) is 16.5. The summed E-state index contributed by atoms with van der Waals surface area (Å²) in [5.74, 6) is -0.00187. The monoisotopic (exact) mass is 389 g/mol. The Balaban J connectivity index is 0.000000878. The molecule has 0 unspecified atom stereocenters. The van der Waals surface area contributed by atoms with Gasteiger partial charge in [0, 0.05) is 36.9 Å². The lowest BCUT2D eigenvalue weighted by atomic mass is 10.0. The number of aryl methyl sites for hydroxylation is 1. The van der Waals surface area contributed by atoms with Crippen LogP contribution in [0, 0.1) is 6.92 Å². The van der Waals surface area contributed by atoms with Crippen LogP contribution in [0.5, 0.6) is 11.5 Å². The summed E-state index contributed by atoms with van der Waals surface area (Å²) in [4.78, 5) is 23.3. The Morgan fingerprint density at radius 2 is 2.00 bits per heavy atom. The summed E-state index contributed by atoms with van der Waals surface area (Å²) in [6.07, 6.45) is 3.15. The van der Waals surface area contributed by atoms with E-state index in [9.17, 15) is 9.59 Å². The van der Waals surface area contributed by atoms with E-state index in [1.54, 1.807) is 10.6 Å². The summed E-state index contributed by atoms with van der Waals surface area (Å²) in [6.45, 7) is 7.37. The summed E-state index contributed by atoms with van der Waals surface area (Å²) in [6, 6.07) is 4.97. The Morgan fingerprint density at radius 1 is 1.29 bits per heavy atom. The summed E-state index contributed by atoms with van der Waals surface area (Å²) in [5.41, 5.74) is 1.41. The van der Waals surface area contributed by atoms with Crippen molar-refractivity contribution in [1.29, 1.82) is 0 Å². The minimum Gasteiger partial charge on any atom is -0.493 e. The Labute approximate surface area is 164 Å². The number of nitrogens with zero attached hydrogens (tertiary/aromatic N) is 1. The third-order valence-corrected chi connectivity index (χ3v) is 4.06. The molecule has 28 heavy (non-hydrogen) atoms. The SMILES string of the molecule is CCC.Cc1cc2c(cc1OCCCO)OCCn1cc(C(=O)O)c(=O)cc1-2. The van der Waals surface area contributed by atoms with Crippen molar-refractivity contribution in [2.24, 2.45) is 0 Å². The molecule has 0 amide bonds. The highest BCUT2D eigenvalue weighted by Gasteiger charge is 2.20. The molecule has 1 aliphatic heterocycles. The van der Waals surface area contributed by atoms with Gasteiger partial charge in [0.05, 0.1) is 18.8 Å². The number of carboxylic acid groups (broad SMARTS) is 1. The molecule has 0 atom stereocenters. The number of benzene rings is 1. The Hall–Kier alpha value is -2.80. The van der Waals surface area contributed by atoms with Crippen LogP contribution in [0.4, 0.5) is 0 Å². The predicted molar refractivity (Wildman–Crippen MR) is 106 cm³/mol. The van der Waals surface area contributed by atoms with Gasteiger partial charge in [0.25, 0.3) is 0 Å². The van der Waals surface area contributed by atoms with Crippen molar-refractivity contribution in [3.05, 3.63) is 45.7 Å². The molecule has 2 aromatic rings. The number of carboxylic acids is 1. The van der Waals surface area contributed by atoms with E-state index in [1.807, 2.05) is 13.0 Å². The van der Waals surface area contributed by atoms with Crippen LogP contribution in [0.25, 0.3) is 11.3 Å². The topological polar surface area (TPSA) is 98.0 Å². The lowest BCUT2D eigenvalue weighted by molar-refractivity contribution is 0.0694. The van der Waals surface area contributed by atoms with Gasteiger partial charge in [0.15, 0.2) is 5.43 Å². The lowest BCUT2D eigenvalue weighted by Crippen LogP contribution is -2.19. The highest BCUT2D eigenvalue weighted by atomic mass is 16.5. The fourth-order valence-corrected chi connectivity index (χ4v) is 2.80. The number of pyridine rings is 1. The van der Waals surface area contributed by atoms with Gasteiger partial charge in [-0.2, -0.15) is 0 Å². The molecular weight excluding hydrogens is 362 g/mol. The normalized spacial score (nSPS) is 11.9. The summed E-state index contributed by atoms with van der Waals surface area (Å²) >= 11 is 0. The molecule has 1 aromatic carbocycles. The smallest absolute Gasteiger partial charge is 0.341 e. The minimum absolute atomic E-state index is 0.0582. The number of aromatic carboxylic acids is 1. The Morgan fingerprint density at radius 3 is 2.64 bits per heavy atom. The van der Waals surface area contributed by atoms with Gasteiger partial charge in [-0.3, -0.25) is 4.79 Å². The quantitative estimate of drug-likeness (QED) is 0.763. The molecule has 0 radical (unpaired) electrons. The van der Waals surface area contributed by atoms with Crippen molar-refractivity contribution in [2.45, 2.75) is 40.2 Å². The highest BCUT2D eigenvalue weighted by Crippen LogP contribution is 2.37. The largest absolute Gasteiger partial charge is 0.493 e. The van der Waals surface area contributed by atoms with E-state index in [-0.39, 0.29) is 12.2 Å². The molecular formula is C21H27NO6. The maximum absolute atomic E-state index is 12.1.